The number of nitrogens with zero attached hydrogens (tertiary/aromatic N) is 1. The summed E-state index contributed by atoms with van der Waals surface area (Å²) in [6, 6.07) is 4.76. The normalized spacial score (nSPS) is 8.00. The van der Waals surface area contributed by atoms with Crippen LogP contribution in [0.4, 0.5) is 0 Å². The predicted molar refractivity (Wildman–Crippen MR) is 31.2 cm³/mol. The van der Waals surface area contributed by atoms with Gasteiger partial charge in [-0.1, -0.05) is 6.07 Å². The summed E-state index contributed by atoms with van der Waals surface area (Å²) < 4.78 is 0. The van der Waals surface area contributed by atoms with Crippen molar-refractivity contribution in [1.82, 2.24) is 4.98 Å². The third kappa shape index (κ3) is 2.39. The Morgan fingerprint density at radius 3 is 2.50 bits per heavy atom. The standard InChI is InChI=1S/C6H5NO2.Hf/c8-6(9)5-3-1-2-4-7-5;/h1-4H,(H,8,9);. The van der Waals surface area contributed by atoms with E-state index < -0.39 is 5.97 Å². The molecular weight excluding hydrogens is 297 g/mol. The first kappa shape index (κ1) is 9.49. The van der Waals surface area contributed by atoms with E-state index in [1.54, 1.807) is 12.1 Å². The summed E-state index contributed by atoms with van der Waals surface area (Å²) in [5.41, 5.74) is 0.0810. The molecule has 0 aromatic carbocycles. The molecule has 0 saturated carbocycles. The Morgan fingerprint density at radius 2 is 2.20 bits per heavy atom. The van der Waals surface area contributed by atoms with Crippen molar-refractivity contribution in [3.05, 3.63) is 30.1 Å². The van der Waals surface area contributed by atoms with Crippen LogP contribution in [0.15, 0.2) is 24.4 Å². The molecule has 0 radical (unpaired) electrons. The molecule has 1 heterocycles. The molecular formula is C6H5HfNO2. The van der Waals surface area contributed by atoms with Crippen LogP contribution in [0, 0.1) is 0 Å². The summed E-state index contributed by atoms with van der Waals surface area (Å²) in [5.74, 6) is -0.990. The van der Waals surface area contributed by atoms with Gasteiger partial charge in [0.2, 0.25) is 0 Å². The van der Waals surface area contributed by atoms with E-state index in [-0.39, 0.29) is 31.5 Å². The summed E-state index contributed by atoms with van der Waals surface area (Å²) in [6.07, 6.45) is 1.45. The number of hydrogen-bond donors (Lipinski definition) is 1. The van der Waals surface area contributed by atoms with E-state index in [9.17, 15) is 4.79 Å². The van der Waals surface area contributed by atoms with E-state index in [2.05, 4.69) is 4.98 Å². The van der Waals surface area contributed by atoms with E-state index in [0.717, 1.165) is 0 Å². The van der Waals surface area contributed by atoms with Crippen molar-refractivity contribution in [2.75, 3.05) is 0 Å². The van der Waals surface area contributed by atoms with Crippen LogP contribution in [0.25, 0.3) is 0 Å². The number of aromatic nitrogens is 1. The van der Waals surface area contributed by atoms with Crippen molar-refractivity contribution in [3.63, 3.8) is 0 Å². The summed E-state index contributed by atoms with van der Waals surface area (Å²) in [6.45, 7) is 0. The summed E-state index contributed by atoms with van der Waals surface area (Å²) in [7, 11) is 0. The molecule has 0 amide bonds. The molecule has 10 heavy (non-hydrogen) atoms. The van der Waals surface area contributed by atoms with Crippen molar-refractivity contribution in [2.45, 2.75) is 0 Å². The maximum atomic E-state index is 10.1. The maximum Gasteiger partial charge on any atom is 0.354 e. The Kier molecular flexibility index (Phi) is 4.11. The van der Waals surface area contributed by atoms with Crippen molar-refractivity contribution in [3.8, 4) is 0 Å². The van der Waals surface area contributed by atoms with Gasteiger partial charge >= 0.3 is 5.97 Å². The first-order valence-corrected chi connectivity index (χ1v) is 2.45. The van der Waals surface area contributed by atoms with Crippen LogP contribution in [-0.4, -0.2) is 16.1 Å². The fraction of sp³-hybridized carbons (Fsp3) is 0. The van der Waals surface area contributed by atoms with Crippen LogP contribution < -0.4 is 0 Å². The van der Waals surface area contributed by atoms with Gasteiger partial charge < -0.3 is 5.11 Å². The molecule has 1 rings (SSSR count). The Morgan fingerprint density at radius 1 is 1.50 bits per heavy atom. The molecule has 3 nitrogen and oxygen atoms in total. The van der Waals surface area contributed by atoms with Gasteiger partial charge in [0.05, 0.1) is 0 Å². The fourth-order valence-electron chi connectivity index (χ4n) is 0.489. The van der Waals surface area contributed by atoms with Crippen molar-refractivity contribution < 1.29 is 35.7 Å². The van der Waals surface area contributed by atoms with Crippen LogP contribution in [-0.2, 0) is 25.8 Å². The number of pyridine rings is 1. The van der Waals surface area contributed by atoms with Crippen LogP contribution in [0.5, 0.6) is 0 Å². The van der Waals surface area contributed by atoms with Gasteiger partial charge in [-0.3, -0.25) is 0 Å². The molecule has 1 aromatic heterocycles. The SMILES string of the molecule is O=C(O)c1ccccn1.[Hf]. The van der Waals surface area contributed by atoms with Crippen LogP contribution in [0.1, 0.15) is 10.5 Å². The van der Waals surface area contributed by atoms with E-state index in [1.807, 2.05) is 0 Å². The smallest absolute Gasteiger partial charge is 0.354 e. The third-order valence-electron chi connectivity index (χ3n) is 0.884. The molecule has 0 saturated heterocycles. The Balaban J connectivity index is 0.000000810. The number of carboxylic acid groups (broad SMARTS) is 1. The molecule has 1 aromatic rings. The Hall–Kier alpha value is -0.510. The van der Waals surface area contributed by atoms with E-state index in [0.29, 0.717) is 0 Å². The zero-order valence-corrected chi connectivity index (χ0v) is 8.70. The second-order valence-corrected chi connectivity index (χ2v) is 1.52. The second-order valence-electron chi connectivity index (χ2n) is 1.52. The largest absolute Gasteiger partial charge is 0.477 e. The number of aromatic carboxylic acids is 1. The predicted octanol–water partition coefficient (Wildman–Crippen LogP) is 0.777. The van der Waals surface area contributed by atoms with Crippen molar-refractivity contribution in [1.29, 1.82) is 0 Å². The van der Waals surface area contributed by atoms with Crippen LogP contribution in [0.3, 0.4) is 0 Å². The van der Waals surface area contributed by atoms with Crippen LogP contribution >= 0.6 is 0 Å². The van der Waals surface area contributed by atoms with E-state index in [4.69, 9.17) is 5.11 Å². The molecule has 0 aliphatic heterocycles. The van der Waals surface area contributed by atoms with Gasteiger partial charge in [0, 0.05) is 32.0 Å². The average molecular weight is 302 g/mol. The quantitative estimate of drug-likeness (QED) is 0.780. The Bertz CT molecular complexity index is 212. The van der Waals surface area contributed by atoms with Gasteiger partial charge in [-0.25, -0.2) is 9.78 Å². The minimum atomic E-state index is -0.990. The fourth-order valence-corrected chi connectivity index (χ4v) is 0.489. The summed E-state index contributed by atoms with van der Waals surface area (Å²) in [4.78, 5) is 13.7. The zero-order chi connectivity index (χ0) is 6.69. The molecule has 0 spiro atoms. The Labute approximate surface area is 76.9 Å². The summed E-state index contributed by atoms with van der Waals surface area (Å²) in [5, 5.41) is 8.32. The van der Waals surface area contributed by atoms with Gasteiger partial charge in [-0.15, -0.1) is 0 Å². The van der Waals surface area contributed by atoms with Gasteiger partial charge in [0.1, 0.15) is 5.69 Å². The van der Waals surface area contributed by atoms with Gasteiger partial charge in [0.15, 0.2) is 0 Å². The van der Waals surface area contributed by atoms with E-state index in [1.165, 1.54) is 12.3 Å². The monoisotopic (exact) mass is 303 g/mol. The van der Waals surface area contributed by atoms with Gasteiger partial charge in [0.25, 0.3) is 0 Å². The van der Waals surface area contributed by atoms with Crippen LogP contribution in [0.2, 0.25) is 0 Å². The molecule has 1 N–H and O–H groups in total. The molecule has 50 valence electrons. The van der Waals surface area contributed by atoms with Crippen molar-refractivity contribution >= 4 is 5.97 Å². The average Bonchev–Trinajstić information content (AvgIpc) is 1.90. The first-order valence-electron chi connectivity index (χ1n) is 2.45. The number of carboxylic acids is 1. The molecule has 0 atom stereocenters. The minimum Gasteiger partial charge on any atom is -0.477 e. The molecule has 0 bridgehead atoms. The van der Waals surface area contributed by atoms with Gasteiger partial charge in [-0.2, -0.15) is 0 Å². The maximum absolute atomic E-state index is 10.1. The number of hydrogen-bond acceptors (Lipinski definition) is 2. The minimum absolute atomic E-state index is 0. The molecule has 0 fully saturated rings. The topological polar surface area (TPSA) is 50.2 Å². The zero-order valence-electron chi connectivity index (χ0n) is 5.11. The molecule has 0 unspecified atom stereocenters. The summed E-state index contributed by atoms with van der Waals surface area (Å²) >= 11 is 0. The first-order chi connectivity index (χ1) is 4.30. The van der Waals surface area contributed by atoms with Crippen molar-refractivity contribution in [2.24, 2.45) is 0 Å². The number of carbonyl (C=O) groups is 1. The molecule has 0 aliphatic carbocycles. The van der Waals surface area contributed by atoms with Gasteiger partial charge in [-0.05, 0) is 12.1 Å². The second kappa shape index (κ2) is 4.33. The third-order valence-corrected chi connectivity index (χ3v) is 0.884. The molecule has 0 aliphatic rings. The van der Waals surface area contributed by atoms with E-state index >= 15 is 0 Å². The molecule has 4 heteroatoms. The number of rotatable bonds is 1.